The Labute approximate surface area is 229 Å². The first-order chi connectivity index (χ1) is 18.5. The van der Waals surface area contributed by atoms with Crippen molar-refractivity contribution in [2.45, 2.75) is 18.7 Å². The number of nitrogens with one attached hydrogen (secondary N) is 1. The minimum absolute atomic E-state index is 0.0236. The van der Waals surface area contributed by atoms with Crippen molar-refractivity contribution >= 4 is 45.1 Å². The quantitative estimate of drug-likeness (QED) is 0.162. The van der Waals surface area contributed by atoms with Gasteiger partial charge in [-0.05, 0) is 67.9 Å². The molecule has 0 fully saturated rings. The highest BCUT2D eigenvalue weighted by Crippen LogP contribution is 2.28. The molecule has 1 N–H and O–H groups in total. The molecular formula is C27H23ClN4O6S. The van der Waals surface area contributed by atoms with Gasteiger partial charge in [-0.25, -0.2) is 13.8 Å². The van der Waals surface area contributed by atoms with E-state index in [4.69, 9.17) is 16.0 Å². The first-order valence-electron chi connectivity index (χ1n) is 11.6. The summed E-state index contributed by atoms with van der Waals surface area (Å²) in [6, 6.07) is 20.1. The number of nitro groups is 1. The Morgan fingerprint density at radius 1 is 1.05 bits per heavy atom. The second kappa shape index (κ2) is 11.5. The lowest BCUT2D eigenvalue weighted by Gasteiger charge is -2.24. The van der Waals surface area contributed by atoms with Crippen molar-refractivity contribution in [2.24, 2.45) is 5.10 Å². The topological polar surface area (TPSA) is 135 Å². The van der Waals surface area contributed by atoms with Gasteiger partial charge in [0.05, 0.1) is 21.7 Å². The number of nitrogens with zero attached hydrogens (tertiary/aromatic N) is 3. The third kappa shape index (κ3) is 6.51. The third-order valence-electron chi connectivity index (χ3n) is 5.71. The molecule has 0 unspecified atom stereocenters. The number of anilines is 1. The van der Waals surface area contributed by atoms with Gasteiger partial charge in [-0.3, -0.25) is 19.2 Å². The zero-order valence-electron chi connectivity index (χ0n) is 20.9. The van der Waals surface area contributed by atoms with Crippen LogP contribution in [0.15, 0.2) is 93.3 Å². The first kappa shape index (κ1) is 27.6. The van der Waals surface area contributed by atoms with E-state index in [1.165, 1.54) is 36.5 Å². The Kier molecular flexibility index (Phi) is 8.12. The van der Waals surface area contributed by atoms with Crippen molar-refractivity contribution < 1.29 is 22.6 Å². The van der Waals surface area contributed by atoms with Crippen LogP contribution in [-0.4, -0.2) is 32.0 Å². The molecule has 4 rings (SSSR count). The number of hydrogen-bond acceptors (Lipinski definition) is 7. The van der Waals surface area contributed by atoms with Gasteiger partial charge in [0.15, 0.2) is 0 Å². The minimum Gasteiger partial charge on any atom is -0.455 e. The summed E-state index contributed by atoms with van der Waals surface area (Å²) in [5.41, 5.74) is 4.77. The van der Waals surface area contributed by atoms with Crippen molar-refractivity contribution in [1.82, 2.24) is 5.43 Å². The summed E-state index contributed by atoms with van der Waals surface area (Å²) >= 11 is 6.24. The van der Waals surface area contributed by atoms with E-state index in [0.717, 1.165) is 15.4 Å². The third-order valence-corrected chi connectivity index (χ3v) is 7.91. The van der Waals surface area contributed by atoms with Crippen LogP contribution in [0.3, 0.4) is 0 Å². The number of benzene rings is 3. The van der Waals surface area contributed by atoms with E-state index in [2.05, 4.69) is 10.5 Å². The lowest BCUT2D eigenvalue weighted by molar-refractivity contribution is -0.384. The smallest absolute Gasteiger partial charge is 0.269 e. The molecule has 10 nitrogen and oxygen atoms in total. The van der Waals surface area contributed by atoms with Crippen LogP contribution in [0.4, 0.5) is 11.4 Å². The Hall–Kier alpha value is -4.48. The number of non-ortho nitro benzene ring substituents is 1. The van der Waals surface area contributed by atoms with Gasteiger partial charge in [-0.2, -0.15) is 5.10 Å². The van der Waals surface area contributed by atoms with Gasteiger partial charge in [0.1, 0.15) is 18.1 Å². The van der Waals surface area contributed by atoms with Gasteiger partial charge >= 0.3 is 0 Å². The highest BCUT2D eigenvalue weighted by Gasteiger charge is 2.27. The van der Waals surface area contributed by atoms with Crippen LogP contribution in [0.5, 0.6) is 0 Å². The molecule has 0 bridgehead atoms. The number of amides is 1. The molecule has 3 aromatic carbocycles. The molecule has 0 aliphatic heterocycles. The van der Waals surface area contributed by atoms with E-state index < -0.39 is 27.4 Å². The van der Waals surface area contributed by atoms with Gasteiger partial charge in [-0.1, -0.05) is 35.4 Å². The minimum atomic E-state index is -4.11. The van der Waals surface area contributed by atoms with Crippen LogP contribution in [0.2, 0.25) is 5.02 Å². The Morgan fingerprint density at radius 2 is 1.74 bits per heavy atom. The van der Waals surface area contributed by atoms with E-state index in [0.29, 0.717) is 22.1 Å². The number of aryl methyl sites for hydroxylation is 2. The highest BCUT2D eigenvalue weighted by atomic mass is 35.5. The van der Waals surface area contributed by atoms with Gasteiger partial charge in [-0.15, -0.1) is 0 Å². The zero-order valence-corrected chi connectivity index (χ0v) is 22.4. The number of halogens is 1. The molecule has 200 valence electrons. The molecular weight excluding hydrogens is 544 g/mol. The number of carbonyl (C=O) groups excluding carboxylic acids is 1. The van der Waals surface area contributed by atoms with Crippen molar-refractivity contribution in [1.29, 1.82) is 0 Å². The number of furan rings is 1. The van der Waals surface area contributed by atoms with Crippen LogP contribution in [0, 0.1) is 24.0 Å². The second-order valence-electron chi connectivity index (χ2n) is 8.56. The standard InChI is InChI=1S/C27H23ClN4O6S/c1-18-3-12-24(13-4-18)39(36,37)31(22-8-5-19(2)25(28)15-22)17-27(33)30-29-16-23-11-14-26(38-23)20-6-9-21(10-7-20)32(34)35/h3-16H,17H2,1-2H3,(H,30,33)/b29-16-. The number of hydrogen-bond donors (Lipinski definition) is 1. The molecule has 0 spiro atoms. The molecule has 4 aromatic rings. The SMILES string of the molecule is Cc1ccc(S(=O)(=O)N(CC(=O)N/N=C\c2ccc(-c3ccc([N+](=O)[O-])cc3)o2)c2ccc(C)c(Cl)c2)cc1. The van der Waals surface area contributed by atoms with Gasteiger partial charge < -0.3 is 4.42 Å². The largest absolute Gasteiger partial charge is 0.455 e. The summed E-state index contributed by atoms with van der Waals surface area (Å²) in [7, 11) is -4.11. The van der Waals surface area contributed by atoms with Crippen molar-refractivity contribution in [3.63, 3.8) is 0 Å². The van der Waals surface area contributed by atoms with E-state index >= 15 is 0 Å². The molecule has 0 atom stereocenters. The summed E-state index contributed by atoms with van der Waals surface area (Å²) in [6.45, 7) is 3.07. The molecule has 1 heterocycles. The molecule has 0 aliphatic rings. The lowest BCUT2D eigenvalue weighted by Crippen LogP contribution is -2.39. The Morgan fingerprint density at radius 3 is 2.38 bits per heavy atom. The first-order valence-corrected chi connectivity index (χ1v) is 13.4. The summed E-state index contributed by atoms with van der Waals surface area (Å²) < 4.78 is 33.6. The van der Waals surface area contributed by atoms with E-state index in [9.17, 15) is 23.3 Å². The fraction of sp³-hybridized carbons (Fsp3) is 0.111. The molecule has 0 radical (unpaired) electrons. The highest BCUT2D eigenvalue weighted by molar-refractivity contribution is 7.92. The number of nitro benzene ring substituents is 1. The molecule has 1 aromatic heterocycles. The maximum atomic E-state index is 13.5. The van der Waals surface area contributed by atoms with E-state index in [1.807, 2.05) is 6.92 Å². The van der Waals surface area contributed by atoms with Crippen LogP contribution in [-0.2, 0) is 14.8 Å². The fourth-order valence-electron chi connectivity index (χ4n) is 3.55. The normalized spacial score (nSPS) is 11.5. The number of hydrazone groups is 1. The lowest BCUT2D eigenvalue weighted by atomic mass is 10.1. The Balaban J connectivity index is 1.50. The van der Waals surface area contributed by atoms with E-state index in [-0.39, 0.29) is 16.3 Å². The molecule has 0 aliphatic carbocycles. The fourth-order valence-corrected chi connectivity index (χ4v) is 5.14. The number of carbonyl (C=O) groups is 1. The number of sulfonamides is 1. The summed E-state index contributed by atoms with van der Waals surface area (Å²) in [5.74, 6) is 0.0585. The van der Waals surface area contributed by atoms with Crippen LogP contribution in [0.25, 0.3) is 11.3 Å². The van der Waals surface area contributed by atoms with Crippen molar-refractivity contribution in [2.75, 3.05) is 10.8 Å². The molecule has 1 amide bonds. The van der Waals surface area contributed by atoms with Gasteiger partial charge in [0, 0.05) is 22.7 Å². The summed E-state index contributed by atoms with van der Waals surface area (Å²) in [4.78, 5) is 23.1. The van der Waals surface area contributed by atoms with Gasteiger partial charge in [0.25, 0.3) is 21.6 Å². The average Bonchev–Trinajstić information content (AvgIpc) is 3.38. The average molecular weight is 567 g/mol. The predicted molar refractivity (Wildman–Crippen MR) is 148 cm³/mol. The predicted octanol–water partition coefficient (Wildman–Crippen LogP) is 5.47. The molecule has 0 saturated heterocycles. The maximum absolute atomic E-state index is 13.5. The van der Waals surface area contributed by atoms with E-state index in [1.54, 1.807) is 55.5 Å². The molecule has 39 heavy (non-hydrogen) atoms. The zero-order chi connectivity index (χ0) is 28.2. The van der Waals surface area contributed by atoms with Crippen LogP contribution < -0.4 is 9.73 Å². The van der Waals surface area contributed by atoms with Gasteiger partial charge in [0.2, 0.25) is 0 Å². The second-order valence-corrected chi connectivity index (χ2v) is 10.8. The van der Waals surface area contributed by atoms with Crippen LogP contribution >= 0.6 is 11.6 Å². The molecule has 0 saturated carbocycles. The van der Waals surface area contributed by atoms with Crippen LogP contribution in [0.1, 0.15) is 16.9 Å². The summed E-state index contributed by atoms with van der Waals surface area (Å²) in [5, 5.41) is 15.1. The Bertz CT molecular complexity index is 1650. The number of rotatable bonds is 9. The van der Waals surface area contributed by atoms with Crippen molar-refractivity contribution in [3.05, 3.63) is 111 Å². The molecule has 12 heteroatoms. The van der Waals surface area contributed by atoms with Crippen molar-refractivity contribution in [3.8, 4) is 11.3 Å². The summed E-state index contributed by atoms with van der Waals surface area (Å²) in [6.07, 6.45) is 1.26. The maximum Gasteiger partial charge on any atom is 0.269 e. The monoisotopic (exact) mass is 566 g/mol.